The third-order valence-corrected chi connectivity index (χ3v) is 4.99. The zero-order valence-electron chi connectivity index (χ0n) is 20.8. The van der Waals surface area contributed by atoms with E-state index < -0.39 is 0 Å². The van der Waals surface area contributed by atoms with Crippen LogP contribution in [-0.2, 0) is 22.6 Å². The Kier molecular flexibility index (Phi) is 11.5. The van der Waals surface area contributed by atoms with Crippen LogP contribution >= 0.6 is 0 Å². The maximum Gasteiger partial charge on any atom is 0.229 e. The van der Waals surface area contributed by atoms with Crippen LogP contribution in [0, 0.1) is 0 Å². The van der Waals surface area contributed by atoms with Gasteiger partial charge in [-0.05, 0) is 23.3 Å². The van der Waals surface area contributed by atoms with Crippen LogP contribution in [0.5, 0.6) is 11.5 Å². The molecule has 0 saturated carbocycles. The minimum atomic E-state index is 0.439. The molecule has 0 bridgehead atoms. The fourth-order valence-electron chi connectivity index (χ4n) is 3.20. The highest BCUT2D eigenvalue weighted by atomic mass is 16.5. The molecule has 194 valence electrons. The molecule has 0 fully saturated rings. The largest absolute Gasteiger partial charge is 0.493 e. The number of aromatic nitrogens is 3. The van der Waals surface area contributed by atoms with Crippen LogP contribution in [0.2, 0.25) is 0 Å². The summed E-state index contributed by atoms with van der Waals surface area (Å²) in [7, 11) is 3.22. The van der Waals surface area contributed by atoms with E-state index in [0.717, 1.165) is 11.1 Å². The number of nitrogens with two attached hydrogens (primary N) is 1. The summed E-state index contributed by atoms with van der Waals surface area (Å²) in [6.45, 7) is 4.15. The maximum absolute atomic E-state index is 5.56. The Hall–Kier alpha value is -3.67. The van der Waals surface area contributed by atoms with Crippen LogP contribution in [0.25, 0.3) is 0 Å². The lowest BCUT2D eigenvalue weighted by molar-refractivity contribution is 0.0547. The SMILES string of the molecule is COc1ccc(CNc2nc(NCCOCCOCCN)nc(NCc3ccccc3)n2)cc1OC. The van der Waals surface area contributed by atoms with E-state index in [4.69, 9.17) is 24.7 Å². The van der Waals surface area contributed by atoms with Gasteiger partial charge in [0.15, 0.2) is 11.5 Å². The molecular formula is C25H35N7O4. The van der Waals surface area contributed by atoms with Gasteiger partial charge in [0.1, 0.15) is 0 Å². The van der Waals surface area contributed by atoms with Crippen LogP contribution in [0.15, 0.2) is 48.5 Å². The first-order valence-corrected chi connectivity index (χ1v) is 11.8. The van der Waals surface area contributed by atoms with E-state index in [2.05, 4.69) is 30.9 Å². The zero-order valence-corrected chi connectivity index (χ0v) is 20.8. The molecule has 0 radical (unpaired) electrons. The van der Waals surface area contributed by atoms with E-state index in [-0.39, 0.29) is 0 Å². The first-order valence-electron chi connectivity index (χ1n) is 11.8. The average Bonchev–Trinajstić information content (AvgIpc) is 2.92. The van der Waals surface area contributed by atoms with Gasteiger partial charge in [-0.1, -0.05) is 36.4 Å². The summed E-state index contributed by atoms with van der Waals surface area (Å²) in [5.41, 5.74) is 7.51. The maximum atomic E-state index is 5.56. The number of nitrogens with one attached hydrogen (secondary N) is 3. The predicted molar refractivity (Wildman–Crippen MR) is 140 cm³/mol. The van der Waals surface area contributed by atoms with Gasteiger partial charge in [-0.3, -0.25) is 0 Å². The molecule has 0 saturated heterocycles. The van der Waals surface area contributed by atoms with Crippen molar-refractivity contribution in [2.75, 3.05) is 69.7 Å². The molecule has 1 heterocycles. The van der Waals surface area contributed by atoms with Crippen molar-refractivity contribution in [3.8, 4) is 11.5 Å². The molecule has 0 amide bonds. The zero-order chi connectivity index (χ0) is 25.4. The van der Waals surface area contributed by atoms with E-state index in [1.54, 1.807) is 14.2 Å². The number of hydrogen-bond acceptors (Lipinski definition) is 11. The molecule has 0 spiro atoms. The van der Waals surface area contributed by atoms with Gasteiger partial charge >= 0.3 is 0 Å². The quantitative estimate of drug-likeness (QED) is 0.205. The monoisotopic (exact) mass is 497 g/mol. The summed E-state index contributed by atoms with van der Waals surface area (Å²) in [4.78, 5) is 13.5. The van der Waals surface area contributed by atoms with Gasteiger partial charge in [-0.15, -0.1) is 0 Å². The van der Waals surface area contributed by atoms with E-state index >= 15 is 0 Å². The van der Waals surface area contributed by atoms with Crippen LogP contribution in [-0.4, -0.2) is 68.7 Å². The topological polar surface area (TPSA) is 138 Å². The van der Waals surface area contributed by atoms with E-state index in [1.165, 1.54) is 0 Å². The molecule has 2 aromatic carbocycles. The first-order chi connectivity index (χ1) is 17.7. The lowest BCUT2D eigenvalue weighted by Crippen LogP contribution is -2.17. The third-order valence-electron chi connectivity index (χ3n) is 4.99. The molecule has 0 aliphatic rings. The van der Waals surface area contributed by atoms with Gasteiger partial charge in [0, 0.05) is 26.2 Å². The number of anilines is 3. The number of nitrogens with zero attached hydrogens (tertiary/aromatic N) is 3. The second-order valence-corrected chi connectivity index (χ2v) is 7.63. The summed E-state index contributed by atoms with van der Waals surface area (Å²) < 4.78 is 21.6. The molecule has 0 unspecified atom stereocenters. The summed E-state index contributed by atoms with van der Waals surface area (Å²) in [6.07, 6.45) is 0. The normalized spacial score (nSPS) is 10.6. The van der Waals surface area contributed by atoms with Crippen molar-refractivity contribution in [2.45, 2.75) is 13.1 Å². The van der Waals surface area contributed by atoms with Gasteiger partial charge in [0.25, 0.3) is 0 Å². The molecule has 36 heavy (non-hydrogen) atoms. The molecule has 0 aliphatic heterocycles. The molecular weight excluding hydrogens is 462 g/mol. The molecule has 3 aromatic rings. The second-order valence-electron chi connectivity index (χ2n) is 7.63. The van der Waals surface area contributed by atoms with E-state index in [0.29, 0.717) is 82.0 Å². The second kappa shape index (κ2) is 15.4. The fourth-order valence-corrected chi connectivity index (χ4v) is 3.20. The Morgan fingerprint density at radius 2 is 1.28 bits per heavy atom. The van der Waals surface area contributed by atoms with Crippen molar-refractivity contribution < 1.29 is 18.9 Å². The van der Waals surface area contributed by atoms with E-state index in [1.807, 2.05) is 48.5 Å². The first kappa shape index (κ1) is 26.9. The average molecular weight is 498 g/mol. The number of methoxy groups -OCH3 is 2. The molecule has 5 N–H and O–H groups in total. The molecule has 1 aromatic heterocycles. The van der Waals surface area contributed by atoms with Crippen LogP contribution < -0.4 is 31.2 Å². The lowest BCUT2D eigenvalue weighted by Gasteiger charge is -2.13. The van der Waals surface area contributed by atoms with Gasteiger partial charge in [-0.25, -0.2) is 0 Å². The number of rotatable bonds is 17. The van der Waals surface area contributed by atoms with Crippen LogP contribution in [0.4, 0.5) is 17.8 Å². The van der Waals surface area contributed by atoms with Crippen molar-refractivity contribution in [1.29, 1.82) is 0 Å². The van der Waals surface area contributed by atoms with Crippen molar-refractivity contribution in [2.24, 2.45) is 5.73 Å². The Labute approximate surface area is 211 Å². The molecule has 3 rings (SSSR count). The highest BCUT2D eigenvalue weighted by Crippen LogP contribution is 2.27. The Morgan fingerprint density at radius 3 is 1.92 bits per heavy atom. The minimum Gasteiger partial charge on any atom is -0.493 e. The summed E-state index contributed by atoms with van der Waals surface area (Å²) >= 11 is 0. The van der Waals surface area contributed by atoms with Crippen molar-refractivity contribution in [3.63, 3.8) is 0 Å². The van der Waals surface area contributed by atoms with Gasteiger partial charge < -0.3 is 40.6 Å². The highest BCUT2D eigenvalue weighted by Gasteiger charge is 2.09. The molecule has 0 atom stereocenters. The number of hydrogen-bond donors (Lipinski definition) is 4. The lowest BCUT2D eigenvalue weighted by atomic mass is 10.2. The predicted octanol–water partition coefficient (Wildman–Crippen LogP) is 2.52. The van der Waals surface area contributed by atoms with Gasteiger partial charge in [0.05, 0.1) is 40.6 Å². The minimum absolute atomic E-state index is 0.439. The Morgan fingerprint density at radius 1 is 0.667 bits per heavy atom. The summed E-state index contributed by atoms with van der Waals surface area (Å²) in [5.74, 6) is 2.68. The Balaban J connectivity index is 1.61. The molecule has 11 nitrogen and oxygen atoms in total. The standard InChI is InChI=1S/C25H35N7O4/c1-33-21-9-8-20(16-22(21)34-2)18-29-25-31-23(27-11-13-36-15-14-35-12-10-26)30-24(32-25)28-17-19-6-4-3-5-7-19/h3-9,16H,10-15,17-18,26H2,1-2H3,(H3,27,28,29,30,31,32). The number of benzene rings is 2. The smallest absolute Gasteiger partial charge is 0.229 e. The van der Waals surface area contributed by atoms with Crippen LogP contribution in [0.3, 0.4) is 0 Å². The summed E-state index contributed by atoms with van der Waals surface area (Å²) in [5, 5.41) is 9.72. The fraction of sp³-hybridized carbons (Fsp3) is 0.400. The Bertz CT molecular complexity index is 1040. The van der Waals surface area contributed by atoms with Crippen molar-refractivity contribution >= 4 is 17.8 Å². The van der Waals surface area contributed by atoms with Gasteiger partial charge in [0.2, 0.25) is 17.8 Å². The summed E-state index contributed by atoms with van der Waals surface area (Å²) in [6, 6.07) is 15.8. The molecule has 11 heteroatoms. The number of ether oxygens (including phenoxy) is 4. The van der Waals surface area contributed by atoms with Crippen LogP contribution in [0.1, 0.15) is 11.1 Å². The molecule has 0 aliphatic carbocycles. The van der Waals surface area contributed by atoms with Crippen molar-refractivity contribution in [1.82, 2.24) is 15.0 Å². The third kappa shape index (κ3) is 9.17. The van der Waals surface area contributed by atoms with E-state index in [9.17, 15) is 0 Å². The van der Waals surface area contributed by atoms with Crippen molar-refractivity contribution in [3.05, 3.63) is 59.7 Å². The van der Waals surface area contributed by atoms with Gasteiger partial charge in [-0.2, -0.15) is 15.0 Å². The highest BCUT2D eigenvalue weighted by molar-refractivity contribution is 5.46.